The Labute approximate surface area is 138 Å². The Bertz CT molecular complexity index is 832. The van der Waals surface area contributed by atoms with Crippen molar-refractivity contribution in [2.45, 2.75) is 18.8 Å². The first-order chi connectivity index (χ1) is 11.7. The highest BCUT2D eigenvalue weighted by Crippen LogP contribution is 2.32. The topological polar surface area (TPSA) is 72.4 Å². The summed E-state index contributed by atoms with van der Waals surface area (Å²) in [5.74, 6) is 1.14. The Morgan fingerprint density at radius 2 is 1.79 bits per heavy atom. The molecule has 3 aromatic rings. The van der Waals surface area contributed by atoms with Gasteiger partial charge in [-0.25, -0.2) is 4.98 Å². The Morgan fingerprint density at radius 3 is 2.46 bits per heavy atom. The predicted octanol–water partition coefficient (Wildman–Crippen LogP) is 4.12. The largest absolute Gasteiger partial charge is 0.440 e. The molecule has 0 unspecified atom stereocenters. The normalized spacial score (nSPS) is 15.8. The van der Waals surface area contributed by atoms with Gasteiger partial charge in [0.15, 0.2) is 11.5 Å². The minimum absolute atomic E-state index is 0.125. The van der Waals surface area contributed by atoms with E-state index >= 15 is 0 Å². The Balaban J connectivity index is 1.45. The van der Waals surface area contributed by atoms with E-state index in [4.69, 9.17) is 4.42 Å². The summed E-state index contributed by atoms with van der Waals surface area (Å²) < 4.78 is 5.89. The zero-order valence-electron chi connectivity index (χ0n) is 13.1. The molecule has 0 aliphatic carbocycles. The minimum atomic E-state index is -0.372. The van der Waals surface area contributed by atoms with Crippen LogP contribution in [0.25, 0.3) is 11.1 Å². The van der Waals surface area contributed by atoms with Crippen molar-refractivity contribution in [3.05, 3.63) is 64.5 Å². The van der Waals surface area contributed by atoms with Crippen molar-refractivity contribution in [1.29, 1.82) is 0 Å². The molecule has 122 valence electrons. The second kappa shape index (κ2) is 5.96. The van der Waals surface area contributed by atoms with Crippen molar-refractivity contribution in [2.75, 3.05) is 18.0 Å². The summed E-state index contributed by atoms with van der Waals surface area (Å²) in [5, 5.41) is 10.7. The van der Waals surface area contributed by atoms with E-state index in [0.29, 0.717) is 5.92 Å². The number of hydrogen-bond donors (Lipinski definition) is 0. The van der Waals surface area contributed by atoms with Crippen molar-refractivity contribution in [3.63, 3.8) is 0 Å². The van der Waals surface area contributed by atoms with E-state index in [1.807, 2.05) is 36.4 Å². The van der Waals surface area contributed by atoms with Gasteiger partial charge in [0.1, 0.15) is 5.52 Å². The number of benzene rings is 2. The van der Waals surface area contributed by atoms with Crippen LogP contribution in [0.3, 0.4) is 0 Å². The van der Waals surface area contributed by atoms with Crippen molar-refractivity contribution in [1.82, 2.24) is 4.98 Å². The zero-order chi connectivity index (χ0) is 16.5. The first kappa shape index (κ1) is 14.7. The van der Waals surface area contributed by atoms with Crippen LogP contribution >= 0.6 is 0 Å². The van der Waals surface area contributed by atoms with E-state index in [9.17, 15) is 10.1 Å². The molecule has 1 aliphatic rings. The lowest BCUT2D eigenvalue weighted by atomic mass is 9.96. The van der Waals surface area contributed by atoms with Gasteiger partial charge in [-0.3, -0.25) is 10.1 Å². The lowest BCUT2D eigenvalue weighted by Crippen LogP contribution is -2.32. The quantitative estimate of drug-likeness (QED) is 0.535. The lowest BCUT2D eigenvalue weighted by Gasteiger charge is -2.32. The van der Waals surface area contributed by atoms with Crippen molar-refractivity contribution < 1.29 is 9.34 Å². The van der Waals surface area contributed by atoms with Gasteiger partial charge in [-0.2, -0.15) is 0 Å². The first-order valence-electron chi connectivity index (χ1n) is 8.05. The fraction of sp³-hybridized carbons (Fsp3) is 0.278. The highest BCUT2D eigenvalue weighted by molar-refractivity contribution is 5.72. The van der Waals surface area contributed by atoms with Crippen LogP contribution < -0.4 is 4.90 Å². The molecule has 6 heteroatoms. The number of rotatable bonds is 3. The fourth-order valence-electron chi connectivity index (χ4n) is 3.23. The van der Waals surface area contributed by atoms with Crippen LogP contribution in [0.4, 0.5) is 11.4 Å². The molecule has 1 aromatic heterocycles. The van der Waals surface area contributed by atoms with Gasteiger partial charge in [0.25, 0.3) is 5.69 Å². The second-order valence-electron chi connectivity index (χ2n) is 6.05. The molecule has 1 saturated heterocycles. The van der Waals surface area contributed by atoms with Crippen LogP contribution in [0.5, 0.6) is 0 Å². The molecule has 24 heavy (non-hydrogen) atoms. The maximum Gasteiger partial charge on any atom is 0.269 e. The van der Waals surface area contributed by atoms with E-state index in [1.165, 1.54) is 0 Å². The van der Waals surface area contributed by atoms with Crippen LogP contribution in [0, 0.1) is 10.1 Å². The van der Waals surface area contributed by atoms with E-state index in [1.54, 1.807) is 12.1 Å². The third-order valence-corrected chi connectivity index (χ3v) is 4.58. The van der Waals surface area contributed by atoms with Crippen LogP contribution in [0.15, 0.2) is 52.9 Å². The van der Waals surface area contributed by atoms with Gasteiger partial charge in [0, 0.05) is 36.8 Å². The number of fused-ring (bicyclic) bond motifs is 1. The molecular weight excluding hydrogens is 306 g/mol. The maximum atomic E-state index is 10.7. The third kappa shape index (κ3) is 2.71. The molecular formula is C18H17N3O3. The Kier molecular flexibility index (Phi) is 3.65. The van der Waals surface area contributed by atoms with Gasteiger partial charge in [0.05, 0.1) is 4.92 Å². The number of piperidine rings is 1. The van der Waals surface area contributed by atoms with E-state index in [0.717, 1.165) is 48.6 Å². The monoisotopic (exact) mass is 323 g/mol. The molecule has 4 rings (SSSR count). The van der Waals surface area contributed by atoms with E-state index < -0.39 is 0 Å². The van der Waals surface area contributed by atoms with Gasteiger partial charge in [0.2, 0.25) is 0 Å². The number of hydrogen-bond acceptors (Lipinski definition) is 5. The second-order valence-corrected chi connectivity index (χ2v) is 6.05. The van der Waals surface area contributed by atoms with Gasteiger partial charge >= 0.3 is 0 Å². The maximum absolute atomic E-state index is 10.7. The summed E-state index contributed by atoms with van der Waals surface area (Å²) in [6.45, 7) is 1.78. The van der Waals surface area contributed by atoms with Crippen molar-refractivity contribution >= 4 is 22.5 Å². The number of nitro benzene ring substituents is 1. The number of nitro groups is 1. The fourth-order valence-corrected chi connectivity index (χ4v) is 3.23. The lowest BCUT2D eigenvalue weighted by molar-refractivity contribution is -0.384. The van der Waals surface area contributed by atoms with Crippen LogP contribution in [-0.4, -0.2) is 23.0 Å². The molecule has 1 fully saturated rings. The highest BCUT2D eigenvalue weighted by atomic mass is 16.6. The molecule has 1 aliphatic heterocycles. The van der Waals surface area contributed by atoms with Crippen LogP contribution in [-0.2, 0) is 0 Å². The van der Waals surface area contributed by atoms with Crippen LogP contribution in [0.2, 0.25) is 0 Å². The molecule has 2 aromatic carbocycles. The van der Waals surface area contributed by atoms with Crippen molar-refractivity contribution in [3.8, 4) is 0 Å². The van der Waals surface area contributed by atoms with Crippen LogP contribution in [0.1, 0.15) is 24.7 Å². The van der Waals surface area contributed by atoms with Gasteiger partial charge in [-0.15, -0.1) is 0 Å². The average molecular weight is 323 g/mol. The molecule has 0 spiro atoms. The number of non-ortho nitro benzene ring substituents is 1. The Morgan fingerprint density at radius 1 is 1.08 bits per heavy atom. The van der Waals surface area contributed by atoms with E-state index in [-0.39, 0.29) is 10.6 Å². The number of para-hydroxylation sites is 2. The average Bonchev–Trinajstić information content (AvgIpc) is 3.06. The number of nitrogens with zero attached hydrogens (tertiary/aromatic N) is 3. The van der Waals surface area contributed by atoms with Gasteiger partial charge < -0.3 is 9.32 Å². The molecule has 0 bridgehead atoms. The Hall–Kier alpha value is -2.89. The molecule has 0 atom stereocenters. The number of anilines is 1. The molecule has 0 saturated carbocycles. The molecule has 6 nitrogen and oxygen atoms in total. The predicted molar refractivity (Wildman–Crippen MR) is 91.3 cm³/mol. The number of oxazole rings is 1. The summed E-state index contributed by atoms with van der Waals surface area (Å²) >= 11 is 0. The minimum Gasteiger partial charge on any atom is -0.440 e. The number of aromatic nitrogens is 1. The third-order valence-electron chi connectivity index (χ3n) is 4.58. The SMILES string of the molecule is O=[N+]([O-])c1ccc(N2CCC(c3nc4ccccc4o3)CC2)cc1. The van der Waals surface area contributed by atoms with Gasteiger partial charge in [-0.05, 0) is 37.1 Å². The molecule has 0 amide bonds. The molecule has 0 N–H and O–H groups in total. The summed E-state index contributed by atoms with van der Waals surface area (Å²) in [4.78, 5) is 17.2. The highest BCUT2D eigenvalue weighted by Gasteiger charge is 2.25. The van der Waals surface area contributed by atoms with Gasteiger partial charge in [-0.1, -0.05) is 12.1 Å². The van der Waals surface area contributed by atoms with Crippen molar-refractivity contribution in [2.24, 2.45) is 0 Å². The first-order valence-corrected chi connectivity index (χ1v) is 8.05. The zero-order valence-corrected chi connectivity index (χ0v) is 13.1. The van der Waals surface area contributed by atoms with E-state index in [2.05, 4.69) is 9.88 Å². The standard InChI is InChI=1S/C18H17N3O3/c22-21(23)15-7-5-14(6-8-15)20-11-9-13(10-12-20)18-19-16-3-1-2-4-17(16)24-18/h1-8,13H,9-12H2. The summed E-state index contributed by atoms with van der Waals surface area (Å²) in [6, 6.07) is 14.6. The molecule has 2 heterocycles. The summed E-state index contributed by atoms with van der Waals surface area (Å²) in [7, 11) is 0. The summed E-state index contributed by atoms with van der Waals surface area (Å²) in [6.07, 6.45) is 1.92. The smallest absolute Gasteiger partial charge is 0.269 e. The summed E-state index contributed by atoms with van der Waals surface area (Å²) in [5.41, 5.74) is 2.90. The molecule has 0 radical (unpaired) electrons.